The number of nitrogens with zero attached hydrogens (tertiary/aromatic N) is 1. The lowest BCUT2D eigenvalue weighted by Gasteiger charge is -2.20. The molecule has 4 N–H and O–H groups in total. The van der Waals surface area contributed by atoms with Crippen molar-refractivity contribution in [3.05, 3.63) is 29.8 Å². The van der Waals surface area contributed by atoms with Gasteiger partial charge in [0.2, 0.25) is 5.91 Å². The second-order valence-electron chi connectivity index (χ2n) is 5.91. The number of nitrogens with two attached hydrogens (primary N) is 1. The highest BCUT2D eigenvalue weighted by Gasteiger charge is 2.21. The molecule has 0 heterocycles. The summed E-state index contributed by atoms with van der Waals surface area (Å²) in [5.74, 6) is -1.95. The Balaban J connectivity index is 2.02. The zero-order valence-electron chi connectivity index (χ0n) is 13.7. The van der Waals surface area contributed by atoms with Crippen molar-refractivity contribution in [2.45, 2.75) is 39.0 Å². The van der Waals surface area contributed by atoms with Gasteiger partial charge >= 0.3 is 11.8 Å². The summed E-state index contributed by atoms with van der Waals surface area (Å²) >= 11 is 0. The highest BCUT2D eigenvalue weighted by molar-refractivity contribution is 6.34. The fraction of sp³-hybridized carbons (Fsp3) is 0.412. The van der Waals surface area contributed by atoms with Gasteiger partial charge in [-0.3, -0.25) is 14.4 Å². The molecular formula is C17H22N4O3. The number of rotatable bonds is 4. The minimum absolute atomic E-state index is 0.0449. The van der Waals surface area contributed by atoms with Gasteiger partial charge in [0.25, 0.3) is 0 Å². The lowest BCUT2D eigenvalue weighted by molar-refractivity contribution is -0.137. The second-order valence-corrected chi connectivity index (χ2v) is 5.91. The number of nitrogens with one attached hydrogen (secondary N) is 2. The first kappa shape index (κ1) is 17.7. The van der Waals surface area contributed by atoms with E-state index in [2.05, 4.69) is 15.8 Å². The van der Waals surface area contributed by atoms with E-state index in [1.807, 2.05) is 0 Å². The van der Waals surface area contributed by atoms with E-state index >= 15 is 0 Å². The van der Waals surface area contributed by atoms with Crippen molar-refractivity contribution in [2.24, 2.45) is 16.8 Å². The molecule has 1 aromatic carbocycles. The molecule has 1 fully saturated rings. The molecule has 1 aliphatic carbocycles. The first-order valence-electron chi connectivity index (χ1n) is 8.02. The minimum Gasteiger partial charge on any atom is -0.361 e. The Hall–Kier alpha value is -2.70. The molecule has 3 amide bonds. The maximum atomic E-state index is 12.3. The molecule has 0 atom stereocenters. The molecule has 7 heteroatoms. The maximum absolute atomic E-state index is 12.3. The van der Waals surface area contributed by atoms with Crippen LogP contribution in [-0.2, 0) is 14.4 Å². The predicted octanol–water partition coefficient (Wildman–Crippen LogP) is 1.53. The van der Waals surface area contributed by atoms with E-state index in [1.54, 1.807) is 31.2 Å². The van der Waals surface area contributed by atoms with Gasteiger partial charge in [0.15, 0.2) is 0 Å². The third-order valence-electron chi connectivity index (χ3n) is 4.07. The standard InChI is InChI=1S/C17H22N4O3/c1-11(20-21-17(24)15(18)22)13-8-5-9-14(10-13)19-16(23)12-6-3-2-4-7-12/h5,8-10,12H,2-4,6-7H2,1H3,(H2,18,22)(H,19,23)(H,21,24)/b20-11-. The topological polar surface area (TPSA) is 114 Å². The summed E-state index contributed by atoms with van der Waals surface area (Å²) in [5, 5.41) is 6.76. The van der Waals surface area contributed by atoms with Gasteiger partial charge in [-0.2, -0.15) is 5.10 Å². The largest absolute Gasteiger partial charge is 0.361 e. The molecule has 1 aromatic rings. The number of benzene rings is 1. The third-order valence-corrected chi connectivity index (χ3v) is 4.07. The van der Waals surface area contributed by atoms with E-state index in [0.29, 0.717) is 11.4 Å². The SMILES string of the molecule is C/C(=N/NC(=O)C(N)=O)c1cccc(NC(=O)C2CCCCC2)c1. The van der Waals surface area contributed by atoms with Gasteiger partial charge in [0.05, 0.1) is 5.71 Å². The van der Waals surface area contributed by atoms with Crippen LogP contribution >= 0.6 is 0 Å². The van der Waals surface area contributed by atoms with Crippen LogP contribution in [0.15, 0.2) is 29.4 Å². The molecule has 0 bridgehead atoms. The van der Waals surface area contributed by atoms with Crippen LogP contribution in [0.2, 0.25) is 0 Å². The summed E-state index contributed by atoms with van der Waals surface area (Å²) < 4.78 is 0. The Morgan fingerprint density at radius 1 is 1.17 bits per heavy atom. The van der Waals surface area contributed by atoms with Gasteiger partial charge < -0.3 is 11.1 Å². The molecule has 7 nitrogen and oxygen atoms in total. The molecule has 1 saturated carbocycles. The van der Waals surface area contributed by atoms with Crippen molar-refractivity contribution in [2.75, 3.05) is 5.32 Å². The van der Waals surface area contributed by atoms with Crippen LogP contribution in [0.4, 0.5) is 5.69 Å². The predicted molar refractivity (Wildman–Crippen MR) is 91.2 cm³/mol. The van der Waals surface area contributed by atoms with Crippen LogP contribution in [-0.4, -0.2) is 23.4 Å². The summed E-state index contributed by atoms with van der Waals surface area (Å²) in [4.78, 5) is 34.1. The van der Waals surface area contributed by atoms with E-state index in [0.717, 1.165) is 31.2 Å². The van der Waals surface area contributed by atoms with Gasteiger partial charge in [0.1, 0.15) is 0 Å². The van der Waals surface area contributed by atoms with Crippen LogP contribution in [0.5, 0.6) is 0 Å². The van der Waals surface area contributed by atoms with Gasteiger partial charge in [-0.05, 0) is 37.5 Å². The quantitative estimate of drug-likeness (QED) is 0.442. The summed E-state index contributed by atoms with van der Waals surface area (Å²) in [6.45, 7) is 1.68. The lowest BCUT2D eigenvalue weighted by Crippen LogP contribution is -2.33. The molecule has 2 rings (SSSR count). The van der Waals surface area contributed by atoms with Crippen LogP contribution in [0, 0.1) is 5.92 Å². The zero-order chi connectivity index (χ0) is 17.5. The van der Waals surface area contributed by atoms with Gasteiger partial charge in [-0.15, -0.1) is 0 Å². The first-order chi connectivity index (χ1) is 11.5. The number of primary amides is 1. The van der Waals surface area contributed by atoms with Gasteiger partial charge in [-0.1, -0.05) is 31.4 Å². The highest BCUT2D eigenvalue weighted by atomic mass is 16.2. The fourth-order valence-corrected chi connectivity index (χ4v) is 2.69. The highest BCUT2D eigenvalue weighted by Crippen LogP contribution is 2.25. The fourth-order valence-electron chi connectivity index (χ4n) is 2.69. The van der Waals surface area contributed by atoms with Crippen molar-refractivity contribution in [1.29, 1.82) is 0 Å². The number of carbonyl (C=O) groups excluding carboxylic acids is 3. The molecule has 0 aromatic heterocycles. The average molecular weight is 330 g/mol. The number of hydrogen-bond donors (Lipinski definition) is 3. The van der Waals surface area contributed by atoms with Crippen molar-refractivity contribution in [3.63, 3.8) is 0 Å². The van der Waals surface area contributed by atoms with Crippen molar-refractivity contribution in [1.82, 2.24) is 5.43 Å². The number of hydrogen-bond acceptors (Lipinski definition) is 4. The summed E-state index contributed by atoms with van der Waals surface area (Å²) in [5.41, 5.74) is 8.82. The monoisotopic (exact) mass is 330 g/mol. The Morgan fingerprint density at radius 2 is 1.88 bits per heavy atom. The molecule has 0 saturated heterocycles. The third kappa shape index (κ3) is 4.91. The smallest absolute Gasteiger partial charge is 0.329 e. The first-order valence-corrected chi connectivity index (χ1v) is 8.02. The van der Waals surface area contributed by atoms with E-state index < -0.39 is 11.8 Å². The van der Waals surface area contributed by atoms with Gasteiger partial charge in [-0.25, -0.2) is 5.43 Å². The van der Waals surface area contributed by atoms with Crippen LogP contribution < -0.4 is 16.5 Å². The Labute approximate surface area is 140 Å². The maximum Gasteiger partial charge on any atom is 0.329 e. The normalized spacial score (nSPS) is 15.6. The average Bonchev–Trinajstić information content (AvgIpc) is 2.60. The van der Waals surface area contributed by atoms with E-state index in [4.69, 9.17) is 5.73 Å². The number of carbonyl (C=O) groups is 3. The molecule has 0 unspecified atom stereocenters. The summed E-state index contributed by atoms with van der Waals surface area (Å²) in [6.07, 6.45) is 5.27. The molecule has 0 aliphatic heterocycles. The van der Waals surface area contributed by atoms with Gasteiger partial charge in [0, 0.05) is 11.6 Å². The molecule has 24 heavy (non-hydrogen) atoms. The summed E-state index contributed by atoms with van der Waals surface area (Å²) in [6, 6.07) is 7.17. The van der Waals surface area contributed by atoms with E-state index in [9.17, 15) is 14.4 Å². The Bertz CT molecular complexity index is 664. The minimum atomic E-state index is -1.10. The molecule has 0 radical (unpaired) electrons. The van der Waals surface area contributed by atoms with Crippen molar-refractivity contribution < 1.29 is 14.4 Å². The Kier molecular flexibility index (Phi) is 6.06. The number of anilines is 1. The van der Waals surface area contributed by atoms with Crippen LogP contribution in [0.3, 0.4) is 0 Å². The molecular weight excluding hydrogens is 308 g/mol. The molecule has 0 spiro atoms. The van der Waals surface area contributed by atoms with Crippen molar-refractivity contribution in [3.8, 4) is 0 Å². The summed E-state index contributed by atoms with van der Waals surface area (Å²) in [7, 11) is 0. The molecule has 1 aliphatic rings. The van der Waals surface area contributed by atoms with Crippen LogP contribution in [0.25, 0.3) is 0 Å². The van der Waals surface area contributed by atoms with E-state index in [1.165, 1.54) is 6.42 Å². The van der Waals surface area contributed by atoms with Crippen molar-refractivity contribution >= 4 is 29.1 Å². The number of amides is 3. The Morgan fingerprint density at radius 3 is 2.54 bits per heavy atom. The number of hydrazone groups is 1. The zero-order valence-corrected chi connectivity index (χ0v) is 13.7. The van der Waals surface area contributed by atoms with E-state index in [-0.39, 0.29) is 11.8 Å². The lowest BCUT2D eigenvalue weighted by atomic mass is 9.88. The van der Waals surface area contributed by atoms with Crippen LogP contribution in [0.1, 0.15) is 44.6 Å². The second kappa shape index (κ2) is 8.24. The molecule has 128 valence electrons.